The largest absolute Gasteiger partial charge is 0.458 e. The predicted octanol–water partition coefficient (Wildman–Crippen LogP) is 5.92. The average molecular weight is 692 g/mol. The summed E-state index contributed by atoms with van der Waals surface area (Å²) in [6.07, 6.45) is -0.906. The molecule has 2 aromatic heterocycles. The fourth-order valence-electron chi connectivity index (χ4n) is 6.95. The van der Waals surface area contributed by atoms with Crippen LogP contribution in [0.25, 0.3) is 22.3 Å². The Morgan fingerprint density at radius 1 is 1.14 bits per heavy atom. The van der Waals surface area contributed by atoms with E-state index in [1.165, 1.54) is 6.92 Å². The lowest BCUT2D eigenvalue weighted by molar-refractivity contribution is -0.190. The Morgan fingerprint density at radius 2 is 1.86 bits per heavy atom. The van der Waals surface area contributed by atoms with E-state index in [1.807, 2.05) is 6.07 Å². The zero-order valence-electron chi connectivity index (χ0n) is 29.6. The second kappa shape index (κ2) is 13.1. The molecule has 0 saturated carbocycles. The molecule has 0 saturated heterocycles. The van der Waals surface area contributed by atoms with Crippen molar-refractivity contribution in [2.24, 2.45) is 5.92 Å². The monoisotopic (exact) mass is 691 g/mol. The summed E-state index contributed by atoms with van der Waals surface area (Å²) >= 11 is 0. The highest BCUT2D eigenvalue weighted by atomic mass is 28.3. The summed E-state index contributed by atoms with van der Waals surface area (Å²) in [6, 6.07) is 9.58. The summed E-state index contributed by atoms with van der Waals surface area (Å²) < 4.78 is 24.3. The van der Waals surface area contributed by atoms with Crippen molar-refractivity contribution in [3.05, 3.63) is 57.4 Å². The van der Waals surface area contributed by atoms with Gasteiger partial charge in [-0.15, -0.1) is 0 Å². The molecule has 2 aliphatic rings. The molecule has 2 unspecified atom stereocenters. The van der Waals surface area contributed by atoms with Crippen LogP contribution in [-0.4, -0.2) is 53.8 Å². The van der Waals surface area contributed by atoms with Crippen molar-refractivity contribution in [1.82, 2.24) is 14.9 Å². The van der Waals surface area contributed by atoms with E-state index in [2.05, 4.69) is 32.3 Å². The molecule has 1 amide bonds. The van der Waals surface area contributed by atoms with Crippen molar-refractivity contribution in [2.45, 2.75) is 104 Å². The van der Waals surface area contributed by atoms with Crippen molar-refractivity contribution in [3.63, 3.8) is 0 Å². The van der Waals surface area contributed by atoms with Gasteiger partial charge in [-0.1, -0.05) is 39.9 Å². The van der Waals surface area contributed by atoms with Crippen molar-refractivity contribution in [1.29, 1.82) is 0 Å². The lowest BCUT2D eigenvalue weighted by Gasteiger charge is -2.43. The number of ether oxygens (including phenoxy) is 4. The molecule has 13 heteroatoms. The minimum Gasteiger partial charge on any atom is -0.458 e. The number of fused-ring (bicyclic) bond motifs is 5. The number of aromatic nitrogens is 2. The summed E-state index contributed by atoms with van der Waals surface area (Å²) in [4.78, 5) is 70.7. The summed E-state index contributed by atoms with van der Waals surface area (Å²) in [5.41, 5.74) is -0.567. The molecule has 0 spiro atoms. The highest BCUT2D eigenvalue weighted by molar-refractivity contribution is 6.78. The van der Waals surface area contributed by atoms with E-state index in [0.717, 1.165) is 17.0 Å². The summed E-state index contributed by atoms with van der Waals surface area (Å²) in [5.74, 6) is -1.22. The molecule has 5 rings (SSSR count). The topological polar surface area (TPSA) is 152 Å². The first-order chi connectivity index (χ1) is 22.8. The van der Waals surface area contributed by atoms with Crippen LogP contribution in [0.5, 0.6) is 5.75 Å². The summed E-state index contributed by atoms with van der Waals surface area (Å²) in [5, 5.41) is 3.27. The number of hydrogen-bond donors (Lipinski definition) is 1. The van der Waals surface area contributed by atoms with Crippen LogP contribution in [0.2, 0.25) is 19.1 Å². The number of esters is 3. The Labute approximate surface area is 286 Å². The Bertz CT molecular complexity index is 1910. The number of carbonyl (C=O) groups excluding carboxylic acids is 4. The highest BCUT2D eigenvalue weighted by Gasteiger charge is 2.56. The van der Waals surface area contributed by atoms with Gasteiger partial charge in [-0.3, -0.25) is 14.4 Å². The van der Waals surface area contributed by atoms with Gasteiger partial charge in [-0.05, 0) is 63.4 Å². The van der Waals surface area contributed by atoms with Gasteiger partial charge in [0.15, 0.2) is 0 Å². The van der Waals surface area contributed by atoms with Gasteiger partial charge in [0.1, 0.15) is 25.2 Å². The first kappa shape index (κ1) is 35.8. The molecular weight excluding hydrogens is 646 g/mol. The lowest BCUT2D eigenvalue weighted by Crippen LogP contribution is -2.54. The van der Waals surface area contributed by atoms with Crippen molar-refractivity contribution in [2.75, 3.05) is 6.54 Å². The smallest absolute Gasteiger partial charge is 0.407 e. The number of hydrogen-bond acceptors (Lipinski definition) is 10. The van der Waals surface area contributed by atoms with Gasteiger partial charge in [-0.2, -0.15) is 0 Å². The first-order valence-electron chi connectivity index (χ1n) is 16.7. The van der Waals surface area contributed by atoms with Gasteiger partial charge in [0.25, 0.3) is 5.56 Å². The maximum atomic E-state index is 14.6. The van der Waals surface area contributed by atoms with Crippen LogP contribution >= 0.6 is 0 Å². The normalized spacial score (nSPS) is 18.3. The number of carbonyl (C=O) groups is 4. The SMILES string of the molecule is CCC1(OC(=O)CCNC(=O)OC(C)(C)C)C(=O)OC([Si](C)(C)CC(C)C)c2c1cc1n(c2=O)Cc2cc3cc(OC(C)=O)ccc3nc2-1. The predicted molar refractivity (Wildman–Crippen MR) is 185 cm³/mol. The minimum atomic E-state index is -2.45. The van der Waals surface area contributed by atoms with Gasteiger partial charge >= 0.3 is 24.0 Å². The highest BCUT2D eigenvalue weighted by Crippen LogP contribution is 2.47. The third-order valence-corrected chi connectivity index (χ3v) is 12.4. The van der Waals surface area contributed by atoms with Crippen molar-refractivity contribution >= 4 is 43.0 Å². The van der Waals surface area contributed by atoms with Crippen LogP contribution in [0, 0.1) is 5.92 Å². The molecule has 2 atom stereocenters. The Kier molecular flexibility index (Phi) is 9.54. The van der Waals surface area contributed by atoms with Crippen LogP contribution in [-0.2, 0) is 40.7 Å². The van der Waals surface area contributed by atoms with E-state index < -0.39 is 49.0 Å². The van der Waals surface area contributed by atoms with Gasteiger partial charge in [0, 0.05) is 30.0 Å². The number of amides is 1. The molecule has 0 aliphatic carbocycles. The summed E-state index contributed by atoms with van der Waals surface area (Å²) in [7, 11) is -2.45. The van der Waals surface area contributed by atoms with Gasteiger partial charge in [0.05, 0.1) is 35.4 Å². The molecule has 2 aliphatic heterocycles. The number of rotatable bonds is 9. The second-order valence-electron chi connectivity index (χ2n) is 14.9. The minimum absolute atomic E-state index is 0.0166. The van der Waals surface area contributed by atoms with Crippen LogP contribution < -0.4 is 15.6 Å². The van der Waals surface area contributed by atoms with Gasteiger partial charge in [0.2, 0.25) is 5.60 Å². The fourth-order valence-corrected chi connectivity index (χ4v) is 10.8. The first-order valence-corrected chi connectivity index (χ1v) is 19.9. The zero-order valence-corrected chi connectivity index (χ0v) is 30.6. The van der Waals surface area contributed by atoms with Crippen LogP contribution in [0.4, 0.5) is 4.79 Å². The molecular formula is C36H45N3O9Si. The third-order valence-electron chi connectivity index (χ3n) is 8.71. The number of pyridine rings is 2. The van der Waals surface area contributed by atoms with E-state index in [0.29, 0.717) is 39.7 Å². The molecule has 1 aromatic carbocycles. The van der Waals surface area contributed by atoms with Gasteiger partial charge < -0.3 is 28.8 Å². The Balaban J connectivity index is 1.60. The molecule has 262 valence electrons. The van der Waals surface area contributed by atoms with E-state index >= 15 is 0 Å². The molecule has 49 heavy (non-hydrogen) atoms. The van der Waals surface area contributed by atoms with Crippen LogP contribution in [0.3, 0.4) is 0 Å². The Morgan fingerprint density at radius 3 is 2.49 bits per heavy atom. The average Bonchev–Trinajstić information content (AvgIpc) is 3.33. The van der Waals surface area contributed by atoms with Crippen LogP contribution in [0.1, 0.15) is 83.7 Å². The quantitative estimate of drug-likeness (QED) is 0.0970. The third kappa shape index (κ3) is 7.12. The van der Waals surface area contributed by atoms with E-state index in [4.69, 9.17) is 23.9 Å². The standard InChI is InChI=1S/C36H45N3O9Si/c1-10-36(47-28(41)13-14-37-34(44)48-35(5,6)7)25-17-27-30-23(15-22-16-24(45-21(4)40)11-12-26(22)38-30)18-39(27)31(42)29(25)32(46-33(36)43)49(8,9)19-20(2)3/h11-12,15-17,20,32H,10,13-14,18-19H2,1-9H3,(H,37,44). The molecule has 0 fully saturated rings. The number of benzene rings is 1. The maximum Gasteiger partial charge on any atom is 0.407 e. The molecule has 12 nitrogen and oxygen atoms in total. The van der Waals surface area contributed by atoms with E-state index in [9.17, 15) is 24.0 Å². The molecule has 3 aromatic rings. The molecule has 4 heterocycles. The Hall–Kier alpha value is -4.52. The maximum absolute atomic E-state index is 14.6. The molecule has 1 N–H and O–H groups in total. The van der Waals surface area contributed by atoms with E-state index in [1.54, 1.807) is 56.5 Å². The number of nitrogens with one attached hydrogen (secondary N) is 1. The molecule has 0 bridgehead atoms. The van der Waals surface area contributed by atoms with Gasteiger partial charge in [-0.25, -0.2) is 14.6 Å². The number of cyclic esters (lactones) is 1. The van der Waals surface area contributed by atoms with E-state index in [-0.39, 0.29) is 31.5 Å². The fraction of sp³-hybridized carbons (Fsp3) is 0.500. The number of alkyl carbamates (subject to hydrolysis) is 1. The van der Waals surface area contributed by atoms with Crippen molar-refractivity contribution in [3.8, 4) is 17.1 Å². The summed E-state index contributed by atoms with van der Waals surface area (Å²) in [6.45, 7) is 16.8. The lowest BCUT2D eigenvalue weighted by atomic mass is 9.85. The van der Waals surface area contributed by atoms with Crippen molar-refractivity contribution < 1.29 is 38.1 Å². The second-order valence-corrected chi connectivity index (χ2v) is 19.8. The number of nitrogens with zero attached hydrogens (tertiary/aromatic N) is 2. The molecule has 0 radical (unpaired) electrons. The van der Waals surface area contributed by atoms with Crippen LogP contribution in [0.15, 0.2) is 35.1 Å². The zero-order chi connectivity index (χ0) is 36.1.